The molecule has 0 aromatic heterocycles. The van der Waals surface area contributed by atoms with Crippen molar-refractivity contribution in [2.45, 2.75) is 58.1 Å². The molecule has 0 spiro atoms. The fourth-order valence-corrected chi connectivity index (χ4v) is 2.66. The van der Waals surface area contributed by atoms with E-state index in [1.54, 1.807) is 0 Å². The van der Waals surface area contributed by atoms with Gasteiger partial charge < -0.3 is 21.5 Å². The second-order valence-corrected chi connectivity index (χ2v) is 5.80. The minimum Gasteiger partial charge on any atom is -0.393 e. The number of carbonyl (C=O) groups is 2. The van der Waals surface area contributed by atoms with Crippen molar-refractivity contribution in [1.29, 1.82) is 0 Å². The first-order valence-corrected chi connectivity index (χ1v) is 7.45. The Hall–Kier alpha value is -1.30. The van der Waals surface area contributed by atoms with Crippen LogP contribution < -0.4 is 16.4 Å². The Kier molecular flexibility index (Phi) is 6.78. The Balaban J connectivity index is 2.46. The standard InChI is InChI=1S/C14H27N3O3/c1-3-9(2)12(17-14(15)20)13(19)16-8-10-5-4-6-11(18)7-10/h9-12,18H,3-8H2,1-2H3,(H,16,19)(H3,15,17,20). The number of urea groups is 1. The van der Waals surface area contributed by atoms with Gasteiger partial charge in [0.2, 0.25) is 5.91 Å². The zero-order valence-corrected chi connectivity index (χ0v) is 12.4. The first kappa shape index (κ1) is 16.8. The maximum absolute atomic E-state index is 12.2. The van der Waals surface area contributed by atoms with Gasteiger partial charge in [0.1, 0.15) is 6.04 Å². The summed E-state index contributed by atoms with van der Waals surface area (Å²) < 4.78 is 0. The fraction of sp³-hybridized carbons (Fsp3) is 0.857. The van der Waals surface area contributed by atoms with E-state index in [2.05, 4.69) is 10.6 Å². The summed E-state index contributed by atoms with van der Waals surface area (Å²) in [6.07, 6.45) is 4.13. The van der Waals surface area contributed by atoms with Crippen molar-refractivity contribution in [2.24, 2.45) is 17.6 Å². The molecule has 0 aromatic carbocycles. The Morgan fingerprint density at radius 2 is 2.10 bits per heavy atom. The van der Waals surface area contributed by atoms with Crippen LogP contribution in [0.1, 0.15) is 46.0 Å². The van der Waals surface area contributed by atoms with E-state index in [1.807, 2.05) is 13.8 Å². The quantitative estimate of drug-likeness (QED) is 0.578. The number of nitrogens with two attached hydrogens (primary N) is 1. The highest BCUT2D eigenvalue weighted by Gasteiger charge is 2.26. The number of hydrogen-bond acceptors (Lipinski definition) is 3. The molecule has 1 rings (SSSR count). The average Bonchev–Trinajstić information content (AvgIpc) is 2.41. The van der Waals surface area contributed by atoms with Crippen LogP contribution in [0.2, 0.25) is 0 Å². The molecule has 6 heteroatoms. The lowest BCUT2D eigenvalue weighted by atomic mass is 9.87. The molecule has 1 fully saturated rings. The van der Waals surface area contributed by atoms with E-state index in [9.17, 15) is 14.7 Å². The molecule has 0 aromatic rings. The molecule has 4 unspecified atom stereocenters. The normalized spacial score (nSPS) is 25.6. The molecule has 20 heavy (non-hydrogen) atoms. The number of hydrogen-bond donors (Lipinski definition) is 4. The van der Waals surface area contributed by atoms with Crippen LogP contribution in [-0.2, 0) is 4.79 Å². The van der Waals surface area contributed by atoms with Crippen LogP contribution in [0.5, 0.6) is 0 Å². The summed E-state index contributed by atoms with van der Waals surface area (Å²) in [6, 6.07) is -1.27. The van der Waals surface area contributed by atoms with Gasteiger partial charge in [-0.2, -0.15) is 0 Å². The van der Waals surface area contributed by atoms with Gasteiger partial charge in [0.05, 0.1) is 6.10 Å². The van der Waals surface area contributed by atoms with Gasteiger partial charge in [-0.25, -0.2) is 4.79 Å². The Morgan fingerprint density at radius 1 is 1.40 bits per heavy atom. The molecule has 5 N–H and O–H groups in total. The maximum Gasteiger partial charge on any atom is 0.312 e. The lowest BCUT2D eigenvalue weighted by Crippen LogP contribution is -2.52. The van der Waals surface area contributed by atoms with Gasteiger partial charge in [0.15, 0.2) is 0 Å². The van der Waals surface area contributed by atoms with Crippen molar-refractivity contribution in [3.8, 4) is 0 Å². The van der Waals surface area contributed by atoms with Crippen molar-refractivity contribution in [3.63, 3.8) is 0 Å². The van der Waals surface area contributed by atoms with Crippen molar-refractivity contribution in [3.05, 3.63) is 0 Å². The number of amides is 3. The summed E-state index contributed by atoms with van der Waals surface area (Å²) in [5.41, 5.74) is 5.12. The molecule has 4 atom stereocenters. The number of nitrogens with one attached hydrogen (secondary N) is 2. The van der Waals surface area contributed by atoms with Gasteiger partial charge >= 0.3 is 6.03 Å². The van der Waals surface area contributed by atoms with Crippen molar-refractivity contribution in [1.82, 2.24) is 10.6 Å². The first-order valence-electron chi connectivity index (χ1n) is 7.45. The highest BCUT2D eigenvalue weighted by Crippen LogP contribution is 2.23. The molecule has 1 aliphatic rings. The highest BCUT2D eigenvalue weighted by molar-refractivity contribution is 5.86. The number of aliphatic hydroxyl groups is 1. The predicted molar refractivity (Wildman–Crippen MR) is 76.9 cm³/mol. The summed E-state index contributed by atoms with van der Waals surface area (Å²) in [5.74, 6) is 0.145. The van der Waals surface area contributed by atoms with E-state index >= 15 is 0 Å². The summed E-state index contributed by atoms with van der Waals surface area (Å²) in [5, 5.41) is 15.0. The van der Waals surface area contributed by atoms with Gasteiger partial charge in [-0.3, -0.25) is 4.79 Å². The van der Waals surface area contributed by atoms with Crippen LogP contribution in [0.25, 0.3) is 0 Å². The third kappa shape index (κ3) is 5.36. The SMILES string of the molecule is CCC(C)C(NC(N)=O)C(=O)NCC1CCCC(O)C1. The molecule has 0 saturated heterocycles. The Bertz CT molecular complexity index is 336. The zero-order chi connectivity index (χ0) is 15.1. The lowest BCUT2D eigenvalue weighted by molar-refractivity contribution is -0.124. The van der Waals surface area contributed by atoms with Crippen LogP contribution >= 0.6 is 0 Å². The van der Waals surface area contributed by atoms with Crippen LogP contribution in [-0.4, -0.2) is 35.7 Å². The molecule has 1 saturated carbocycles. The third-order valence-corrected chi connectivity index (χ3v) is 4.11. The topological polar surface area (TPSA) is 104 Å². The monoisotopic (exact) mass is 285 g/mol. The van der Waals surface area contributed by atoms with Gasteiger partial charge in [-0.05, 0) is 31.1 Å². The zero-order valence-electron chi connectivity index (χ0n) is 12.4. The molecule has 0 aliphatic heterocycles. The van der Waals surface area contributed by atoms with E-state index < -0.39 is 12.1 Å². The Labute approximate surface area is 120 Å². The highest BCUT2D eigenvalue weighted by atomic mass is 16.3. The number of aliphatic hydroxyl groups excluding tert-OH is 1. The van der Waals surface area contributed by atoms with Crippen LogP contribution in [0.15, 0.2) is 0 Å². The fourth-order valence-electron chi connectivity index (χ4n) is 2.66. The molecule has 1 aliphatic carbocycles. The van der Waals surface area contributed by atoms with Crippen LogP contribution in [0, 0.1) is 11.8 Å². The van der Waals surface area contributed by atoms with Gasteiger partial charge in [-0.1, -0.05) is 26.7 Å². The smallest absolute Gasteiger partial charge is 0.312 e. The van der Waals surface area contributed by atoms with E-state index in [-0.39, 0.29) is 17.9 Å². The average molecular weight is 285 g/mol. The molecule has 6 nitrogen and oxygen atoms in total. The predicted octanol–water partition coefficient (Wildman–Crippen LogP) is 0.737. The molecule has 0 bridgehead atoms. The van der Waals surface area contributed by atoms with E-state index in [0.717, 1.165) is 32.1 Å². The summed E-state index contributed by atoms with van der Waals surface area (Å²) >= 11 is 0. The lowest BCUT2D eigenvalue weighted by Gasteiger charge is -2.28. The molecule has 3 amide bonds. The second kappa shape index (κ2) is 8.09. The number of carbonyl (C=O) groups excluding carboxylic acids is 2. The molecule has 0 heterocycles. The minimum atomic E-state index is -0.682. The van der Waals surface area contributed by atoms with Crippen LogP contribution in [0.3, 0.4) is 0 Å². The van der Waals surface area contributed by atoms with Crippen molar-refractivity contribution in [2.75, 3.05) is 6.54 Å². The summed E-state index contributed by atoms with van der Waals surface area (Å²) in [4.78, 5) is 23.1. The Morgan fingerprint density at radius 3 is 2.65 bits per heavy atom. The molecular formula is C14H27N3O3. The number of rotatable bonds is 6. The second-order valence-electron chi connectivity index (χ2n) is 5.80. The molecule has 0 radical (unpaired) electrons. The van der Waals surface area contributed by atoms with Crippen LogP contribution in [0.4, 0.5) is 4.79 Å². The van der Waals surface area contributed by atoms with Crippen molar-refractivity contribution >= 4 is 11.9 Å². The third-order valence-electron chi connectivity index (χ3n) is 4.11. The molecule has 116 valence electrons. The minimum absolute atomic E-state index is 0.0273. The van der Waals surface area contributed by atoms with E-state index in [1.165, 1.54) is 0 Å². The van der Waals surface area contributed by atoms with E-state index in [0.29, 0.717) is 12.5 Å². The summed E-state index contributed by atoms with van der Waals surface area (Å²) in [7, 11) is 0. The largest absolute Gasteiger partial charge is 0.393 e. The summed E-state index contributed by atoms with van der Waals surface area (Å²) in [6.45, 7) is 4.42. The van der Waals surface area contributed by atoms with Crippen molar-refractivity contribution < 1.29 is 14.7 Å². The molecular weight excluding hydrogens is 258 g/mol. The van der Waals surface area contributed by atoms with Gasteiger partial charge in [0.25, 0.3) is 0 Å². The number of primary amides is 1. The van der Waals surface area contributed by atoms with Gasteiger partial charge in [0, 0.05) is 6.54 Å². The maximum atomic E-state index is 12.2. The van der Waals surface area contributed by atoms with Gasteiger partial charge in [-0.15, -0.1) is 0 Å². The van der Waals surface area contributed by atoms with E-state index in [4.69, 9.17) is 5.73 Å². The first-order chi connectivity index (χ1) is 9.43.